The number of hydrogen-bond acceptors (Lipinski definition) is 4. The third-order valence-corrected chi connectivity index (χ3v) is 5.04. The number of nitrogens with one attached hydrogen (secondary N) is 1. The number of halogens is 1. The lowest BCUT2D eigenvalue weighted by Crippen LogP contribution is -2.48. The van der Waals surface area contributed by atoms with Gasteiger partial charge in [-0.3, -0.25) is 0 Å². The van der Waals surface area contributed by atoms with Crippen molar-refractivity contribution in [2.75, 3.05) is 26.4 Å². The summed E-state index contributed by atoms with van der Waals surface area (Å²) in [5.74, 6) is 0. The molecule has 5 nitrogen and oxygen atoms in total. The van der Waals surface area contributed by atoms with E-state index < -0.39 is 10.0 Å². The summed E-state index contributed by atoms with van der Waals surface area (Å²) in [5.41, 5.74) is 5.68. The van der Waals surface area contributed by atoms with Gasteiger partial charge in [-0.25, -0.2) is 13.1 Å². The maximum Gasteiger partial charge on any atom is 0.242 e. The van der Waals surface area contributed by atoms with E-state index in [-0.39, 0.29) is 22.0 Å². The highest BCUT2D eigenvalue weighted by Gasteiger charge is 2.25. The van der Waals surface area contributed by atoms with Crippen molar-refractivity contribution in [1.82, 2.24) is 9.62 Å². The number of hydrogen-bond donors (Lipinski definition) is 2. The van der Waals surface area contributed by atoms with Gasteiger partial charge in [0.15, 0.2) is 0 Å². The first-order valence-electron chi connectivity index (χ1n) is 5.78. The summed E-state index contributed by atoms with van der Waals surface area (Å²) in [7, 11) is 0.148. The van der Waals surface area contributed by atoms with Crippen LogP contribution in [-0.2, 0) is 10.0 Å². The molecule has 0 atom stereocenters. The molecule has 1 aromatic carbocycles. The van der Waals surface area contributed by atoms with E-state index in [1.165, 1.54) is 18.2 Å². The summed E-state index contributed by atoms with van der Waals surface area (Å²) in [5, 5.41) is 0.121. The van der Waals surface area contributed by atoms with Gasteiger partial charge >= 0.3 is 0 Å². The number of nitrogen functional groups attached to an aromatic ring is 1. The molecule has 0 aromatic heterocycles. The first-order chi connectivity index (χ1) is 8.56. The van der Waals surface area contributed by atoms with Gasteiger partial charge < -0.3 is 10.6 Å². The van der Waals surface area contributed by atoms with E-state index in [0.29, 0.717) is 5.69 Å². The minimum absolute atomic E-state index is 0.0397. The van der Waals surface area contributed by atoms with Crippen molar-refractivity contribution < 1.29 is 8.42 Å². The lowest BCUT2D eigenvalue weighted by atomic mass is 10.1. The first-order valence-corrected chi connectivity index (χ1v) is 7.64. The molecule has 0 aliphatic carbocycles. The number of rotatable bonds is 5. The van der Waals surface area contributed by atoms with Gasteiger partial charge in [-0.2, -0.15) is 0 Å². The highest BCUT2D eigenvalue weighted by Crippen LogP contribution is 2.23. The smallest absolute Gasteiger partial charge is 0.242 e. The molecule has 1 rings (SSSR count). The van der Waals surface area contributed by atoms with Gasteiger partial charge in [0.2, 0.25) is 10.0 Å². The summed E-state index contributed by atoms with van der Waals surface area (Å²) in [6, 6.07) is 4.34. The van der Waals surface area contributed by atoms with Gasteiger partial charge in [-0.15, -0.1) is 0 Å². The van der Waals surface area contributed by atoms with Crippen LogP contribution in [0.2, 0.25) is 5.02 Å². The Bertz CT molecular complexity index is 556. The molecule has 0 saturated heterocycles. The number of sulfonamides is 1. The van der Waals surface area contributed by atoms with Crippen molar-refractivity contribution in [2.45, 2.75) is 24.3 Å². The predicted molar refractivity (Wildman–Crippen MR) is 78.8 cm³/mol. The van der Waals surface area contributed by atoms with Gasteiger partial charge in [0.05, 0.1) is 5.02 Å². The molecule has 0 heterocycles. The highest BCUT2D eigenvalue weighted by atomic mass is 35.5. The number of benzene rings is 1. The molecule has 1 aromatic rings. The van der Waals surface area contributed by atoms with Crippen LogP contribution in [0.4, 0.5) is 5.69 Å². The van der Waals surface area contributed by atoms with Crippen LogP contribution in [0.5, 0.6) is 0 Å². The quantitative estimate of drug-likeness (QED) is 0.809. The molecule has 0 amide bonds. The topological polar surface area (TPSA) is 75.4 Å². The standard InChI is InChI=1S/C12H20ClN3O2S/c1-12(2,16(3)4)8-15-19(17,18)11-6-5-9(14)7-10(11)13/h5-7,15H,8,14H2,1-4H3. The Morgan fingerprint density at radius 1 is 1.37 bits per heavy atom. The number of nitrogens with zero attached hydrogens (tertiary/aromatic N) is 1. The largest absolute Gasteiger partial charge is 0.399 e. The molecule has 0 aliphatic rings. The zero-order chi connectivity index (χ0) is 14.8. The number of likely N-dealkylation sites (N-methyl/N-ethyl adjacent to an activating group) is 1. The van der Waals surface area contributed by atoms with E-state index in [0.717, 1.165) is 0 Å². The van der Waals surface area contributed by atoms with Gasteiger partial charge in [0.1, 0.15) is 4.90 Å². The second kappa shape index (κ2) is 5.66. The predicted octanol–water partition coefficient (Wildman–Crippen LogP) is 1.54. The highest BCUT2D eigenvalue weighted by molar-refractivity contribution is 7.89. The third kappa shape index (κ3) is 4.07. The molecule has 3 N–H and O–H groups in total. The lowest BCUT2D eigenvalue weighted by Gasteiger charge is -2.32. The van der Waals surface area contributed by atoms with Crippen molar-refractivity contribution in [3.05, 3.63) is 23.2 Å². The van der Waals surface area contributed by atoms with E-state index in [9.17, 15) is 8.42 Å². The monoisotopic (exact) mass is 305 g/mol. The molecule has 0 radical (unpaired) electrons. The first kappa shape index (κ1) is 16.2. The molecular weight excluding hydrogens is 286 g/mol. The summed E-state index contributed by atoms with van der Waals surface area (Å²) in [6.45, 7) is 4.17. The van der Waals surface area contributed by atoms with Crippen molar-refractivity contribution in [1.29, 1.82) is 0 Å². The van der Waals surface area contributed by atoms with Crippen molar-refractivity contribution in [3.8, 4) is 0 Å². The van der Waals surface area contributed by atoms with E-state index in [1.54, 1.807) is 0 Å². The lowest BCUT2D eigenvalue weighted by molar-refractivity contribution is 0.199. The average Bonchev–Trinajstić information content (AvgIpc) is 2.26. The fraction of sp³-hybridized carbons (Fsp3) is 0.500. The van der Waals surface area contributed by atoms with Crippen LogP contribution in [-0.4, -0.2) is 39.5 Å². The van der Waals surface area contributed by atoms with Gasteiger partial charge in [-0.1, -0.05) is 11.6 Å². The maximum absolute atomic E-state index is 12.2. The van der Waals surface area contributed by atoms with Gasteiger partial charge in [0, 0.05) is 17.8 Å². The molecule has 0 aliphatic heterocycles. The van der Waals surface area contributed by atoms with Gasteiger partial charge in [0.25, 0.3) is 0 Å². The Hall–Kier alpha value is -0.820. The SMILES string of the molecule is CN(C)C(C)(C)CNS(=O)(=O)c1ccc(N)cc1Cl. The fourth-order valence-corrected chi connectivity index (χ4v) is 3.00. The fourth-order valence-electron chi connectivity index (χ4n) is 1.24. The van der Waals surface area contributed by atoms with Crippen LogP contribution in [0.3, 0.4) is 0 Å². The molecule has 0 fully saturated rings. The Morgan fingerprint density at radius 3 is 2.42 bits per heavy atom. The Balaban J connectivity index is 2.94. The van der Waals surface area contributed by atoms with Crippen LogP contribution >= 0.6 is 11.6 Å². The molecule has 7 heteroatoms. The van der Waals surface area contributed by atoms with Crippen molar-refractivity contribution >= 4 is 27.3 Å². The van der Waals surface area contributed by atoms with E-state index in [1.807, 2.05) is 32.8 Å². The molecule has 0 spiro atoms. The Morgan fingerprint density at radius 2 is 1.95 bits per heavy atom. The van der Waals surface area contributed by atoms with Crippen molar-refractivity contribution in [3.63, 3.8) is 0 Å². The van der Waals surface area contributed by atoms with Crippen molar-refractivity contribution in [2.24, 2.45) is 0 Å². The van der Waals surface area contributed by atoms with Crippen LogP contribution in [0.25, 0.3) is 0 Å². The maximum atomic E-state index is 12.2. The second-order valence-electron chi connectivity index (χ2n) is 5.22. The third-order valence-electron chi connectivity index (χ3n) is 3.15. The van der Waals surface area contributed by atoms with Crippen LogP contribution in [0, 0.1) is 0 Å². The minimum Gasteiger partial charge on any atom is -0.399 e. The van der Waals surface area contributed by atoms with Crippen LogP contribution in [0.15, 0.2) is 23.1 Å². The Labute approximate surface area is 119 Å². The van der Waals surface area contributed by atoms with Crippen LogP contribution in [0.1, 0.15) is 13.8 Å². The number of anilines is 1. The van der Waals surface area contributed by atoms with E-state index >= 15 is 0 Å². The summed E-state index contributed by atoms with van der Waals surface area (Å²) in [6.07, 6.45) is 0. The molecule has 19 heavy (non-hydrogen) atoms. The Kier molecular flexibility index (Phi) is 4.84. The summed E-state index contributed by atoms with van der Waals surface area (Å²) in [4.78, 5) is 1.98. The average molecular weight is 306 g/mol. The molecule has 108 valence electrons. The normalized spacial score (nSPS) is 12.9. The van der Waals surface area contributed by atoms with Gasteiger partial charge in [-0.05, 0) is 46.1 Å². The van der Waals surface area contributed by atoms with E-state index in [4.69, 9.17) is 17.3 Å². The second-order valence-corrected chi connectivity index (χ2v) is 7.36. The zero-order valence-electron chi connectivity index (χ0n) is 11.6. The molecular formula is C12H20ClN3O2S. The van der Waals surface area contributed by atoms with Crippen LogP contribution < -0.4 is 10.5 Å². The molecule has 0 unspecified atom stereocenters. The minimum atomic E-state index is -3.64. The summed E-state index contributed by atoms with van der Waals surface area (Å²) >= 11 is 5.92. The zero-order valence-corrected chi connectivity index (χ0v) is 13.1. The van der Waals surface area contributed by atoms with E-state index in [2.05, 4.69) is 4.72 Å². The molecule has 0 bridgehead atoms. The molecule has 0 saturated carbocycles. The number of nitrogens with two attached hydrogens (primary N) is 1. The summed E-state index contributed by atoms with van der Waals surface area (Å²) < 4.78 is 26.9.